The monoisotopic (exact) mass is 307 g/mol. The number of aromatic nitrogens is 2. The highest BCUT2D eigenvalue weighted by Gasteiger charge is 2.17. The number of para-hydroxylation sites is 3. The molecule has 3 aromatic rings. The largest absolute Gasteiger partial charge is 0.320 e. The molecule has 0 unspecified atom stereocenters. The van der Waals surface area contributed by atoms with Gasteiger partial charge in [-0.15, -0.1) is 0 Å². The summed E-state index contributed by atoms with van der Waals surface area (Å²) in [7, 11) is 1.64. The predicted molar refractivity (Wildman–Crippen MR) is 90.9 cm³/mol. The van der Waals surface area contributed by atoms with Crippen LogP contribution >= 0.6 is 0 Å². The molecule has 0 saturated heterocycles. The molecule has 0 bridgehead atoms. The van der Waals surface area contributed by atoms with Crippen LogP contribution in [0.3, 0.4) is 0 Å². The molecule has 0 saturated carbocycles. The molecule has 23 heavy (non-hydrogen) atoms. The van der Waals surface area contributed by atoms with E-state index in [4.69, 9.17) is 0 Å². The Labute approximate surface area is 133 Å². The maximum atomic E-state index is 12.5. The fourth-order valence-electron chi connectivity index (χ4n) is 2.61. The van der Waals surface area contributed by atoms with E-state index in [1.165, 1.54) is 4.57 Å². The topological polar surface area (TPSA) is 64.0 Å². The molecular weight excluding hydrogens is 290 g/mol. The minimum atomic E-state index is -0.492. The van der Waals surface area contributed by atoms with E-state index in [0.717, 1.165) is 16.8 Å². The molecule has 0 radical (unpaired) electrons. The third kappa shape index (κ3) is 2.61. The van der Waals surface area contributed by atoms with Gasteiger partial charge in [-0.05, 0) is 37.1 Å². The molecule has 1 heterocycles. The van der Waals surface area contributed by atoms with Crippen LogP contribution in [0.4, 0.5) is 5.69 Å². The number of anilines is 1. The van der Waals surface area contributed by atoms with Gasteiger partial charge in [-0.2, -0.15) is 0 Å². The molecule has 1 N–H and O–H groups in total. The van der Waals surface area contributed by atoms with Gasteiger partial charge in [0, 0.05) is 12.7 Å². The van der Waals surface area contributed by atoms with Gasteiger partial charge in [0.25, 0.3) is 11.5 Å². The van der Waals surface area contributed by atoms with Crippen LogP contribution in [0.2, 0.25) is 0 Å². The van der Waals surface area contributed by atoms with Crippen molar-refractivity contribution >= 4 is 22.6 Å². The summed E-state index contributed by atoms with van der Waals surface area (Å²) in [6, 6.07) is 13.0. The van der Waals surface area contributed by atoms with E-state index >= 15 is 0 Å². The van der Waals surface area contributed by atoms with Gasteiger partial charge in [-0.1, -0.05) is 30.3 Å². The molecule has 0 spiro atoms. The maximum Gasteiger partial charge on any atom is 0.282 e. The van der Waals surface area contributed by atoms with E-state index < -0.39 is 11.5 Å². The Balaban J connectivity index is 2.08. The lowest BCUT2D eigenvalue weighted by Crippen LogP contribution is -2.30. The van der Waals surface area contributed by atoms with Crippen LogP contribution in [-0.4, -0.2) is 15.5 Å². The minimum Gasteiger partial charge on any atom is -0.320 e. The van der Waals surface area contributed by atoms with Crippen molar-refractivity contribution < 1.29 is 4.79 Å². The Bertz CT molecular complexity index is 953. The fourth-order valence-corrected chi connectivity index (χ4v) is 2.61. The smallest absolute Gasteiger partial charge is 0.282 e. The maximum absolute atomic E-state index is 12.5. The van der Waals surface area contributed by atoms with Gasteiger partial charge in [0.1, 0.15) is 0 Å². The van der Waals surface area contributed by atoms with E-state index in [2.05, 4.69) is 10.3 Å². The Hall–Kier alpha value is -2.95. The van der Waals surface area contributed by atoms with Crippen molar-refractivity contribution in [2.75, 3.05) is 5.32 Å². The number of hydrogen-bond donors (Lipinski definition) is 1. The van der Waals surface area contributed by atoms with Crippen LogP contribution in [0, 0.1) is 13.8 Å². The first-order valence-corrected chi connectivity index (χ1v) is 7.32. The Morgan fingerprint density at radius 3 is 2.39 bits per heavy atom. The molecule has 5 heteroatoms. The molecule has 1 aromatic heterocycles. The average Bonchev–Trinajstić information content (AvgIpc) is 2.54. The van der Waals surface area contributed by atoms with Crippen molar-refractivity contribution in [1.29, 1.82) is 0 Å². The Kier molecular flexibility index (Phi) is 3.70. The normalized spacial score (nSPS) is 10.7. The van der Waals surface area contributed by atoms with Crippen molar-refractivity contribution in [2.45, 2.75) is 13.8 Å². The van der Waals surface area contributed by atoms with E-state index in [9.17, 15) is 9.59 Å². The van der Waals surface area contributed by atoms with Crippen molar-refractivity contribution in [2.24, 2.45) is 7.05 Å². The van der Waals surface area contributed by atoms with Crippen LogP contribution in [0.5, 0.6) is 0 Å². The van der Waals surface area contributed by atoms with Gasteiger partial charge in [0.2, 0.25) is 0 Å². The lowest BCUT2D eigenvalue weighted by atomic mass is 10.1. The number of carbonyl (C=O) groups excluding carboxylic acids is 1. The minimum absolute atomic E-state index is 0.103. The zero-order chi connectivity index (χ0) is 16.6. The SMILES string of the molecule is Cc1cccc(C)c1NC(=O)c1nc2ccccc2n(C)c1=O. The van der Waals surface area contributed by atoms with Gasteiger partial charge in [0.15, 0.2) is 5.69 Å². The highest BCUT2D eigenvalue weighted by Crippen LogP contribution is 2.20. The van der Waals surface area contributed by atoms with Crippen molar-refractivity contribution in [3.63, 3.8) is 0 Å². The van der Waals surface area contributed by atoms with Crippen molar-refractivity contribution in [3.8, 4) is 0 Å². The van der Waals surface area contributed by atoms with E-state index in [1.807, 2.05) is 44.2 Å². The summed E-state index contributed by atoms with van der Waals surface area (Å²) in [6.07, 6.45) is 0. The third-order valence-corrected chi connectivity index (χ3v) is 3.92. The number of rotatable bonds is 2. The number of benzene rings is 2. The second kappa shape index (κ2) is 5.68. The van der Waals surface area contributed by atoms with Crippen molar-refractivity contribution in [3.05, 3.63) is 69.6 Å². The van der Waals surface area contributed by atoms with Crippen LogP contribution in [0.15, 0.2) is 47.3 Å². The molecule has 5 nitrogen and oxygen atoms in total. The quantitative estimate of drug-likeness (QED) is 0.792. The summed E-state index contributed by atoms with van der Waals surface area (Å²) < 4.78 is 1.45. The highest BCUT2D eigenvalue weighted by molar-refractivity contribution is 6.04. The number of amides is 1. The summed E-state index contributed by atoms with van der Waals surface area (Å²) in [5.41, 5.74) is 3.39. The molecule has 1 amide bonds. The summed E-state index contributed by atoms with van der Waals surface area (Å²) in [5.74, 6) is -0.492. The van der Waals surface area contributed by atoms with Gasteiger partial charge in [-0.3, -0.25) is 9.59 Å². The summed E-state index contributed by atoms with van der Waals surface area (Å²) in [4.78, 5) is 29.2. The number of carbonyl (C=O) groups is 1. The second-order valence-electron chi connectivity index (χ2n) is 5.53. The molecule has 0 atom stereocenters. The first kappa shape index (κ1) is 15.0. The zero-order valence-corrected chi connectivity index (χ0v) is 13.3. The van der Waals surface area contributed by atoms with E-state index in [0.29, 0.717) is 11.0 Å². The Morgan fingerprint density at radius 1 is 1.04 bits per heavy atom. The summed E-state index contributed by atoms with van der Waals surface area (Å²) >= 11 is 0. The second-order valence-corrected chi connectivity index (χ2v) is 5.53. The first-order valence-electron chi connectivity index (χ1n) is 7.32. The summed E-state index contributed by atoms with van der Waals surface area (Å²) in [5, 5.41) is 2.81. The first-order chi connectivity index (χ1) is 11.0. The van der Waals surface area contributed by atoms with E-state index in [-0.39, 0.29) is 5.69 Å². The predicted octanol–water partition coefficient (Wildman–Crippen LogP) is 2.80. The summed E-state index contributed by atoms with van der Waals surface area (Å²) in [6.45, 7) is 3.82. The number of fused-ring (bicyclic) bond motifs is 1. The van der Waals surface area contributed by atoms with Crippen LogP contribution in [0.1, 0.15) is 21.6 Å². The highest BCUT2D eigenvalue weighted by atomic mass is 16.2. The molecule has 0 aliphatic carbocycles. The molecule has 3 rings (SSSR count). The third-order valence-electron chi connectivity index (χ3n) is 3.92. The molecule has 0 aliphatic rings. The standard InChI is InChI=1S/C18H17N3O2/c1-11-7-6-8-12(2)15(11)20-17(22)16-18(23)21(3)14-10-5-4-9-13(14)19-16/h4-10H,1-3H3,(H,20,22). The molecule has 0 aliphatic heterocycles. The van der Waals surface area contributed by atoms with Gasteiger partial charge in [0.05, 0.1) is 11.0 Å². The lowest BCUT2D eigenvalue weighted by molar-refractivity contribution is 0.102. The molecule has 2 aromatic carbocycles. The average molecular weight is 307 g/mol. The van der Waals surface area contributed by atoms with Crippen LogP contribution in [-0.2, 0) is 7.05 Å². The van der Waals surface area contributed by atoms with Crippen LogP contribution < -0.4 is 10.9 Å². The molecule has 0 fully saturated rings. The molecular formula is C18H17N3O2. The number of nitrogens with one attached hydrogen (secondary N) is 1. The number of aryl methyl sites for hydroxylation is 3. The number of hydrogen-bond acceptors (Lipinski definition) is 3. The van der Waals surface area contributed by atoms with Gasteiger partial charge >= 0.3 is 0 Å². The van der Waals surface area contributed by atoms with Gasteiger partial charge in [-0.25, -0.2) is 4.98 Å². The fraction of sp³-hybridized carbons (Fsp3) is 0.167. The lowest BCUT2D eigenvalue weighted by Gasteiger charge is -2.12. The van der Waals surface area contributed by atoms with Crippen LogP contribution in [0.25, 0.3) is 11.0 Å². The number of nitrogens with zero attached hydrogens (tertiary/aromatic N) is 2. The van der Waals surface area contributed by atoms with Gasteiger partial charge < -0.3 is 9.88 Å². The van der Waals surface area contributed by atoms with E-state index in [1.54, 1.807) is 19.2 Å². The Morgan fingerprint density at radius 2 is 1.70 bits per heavy atom. The molecule has 116 valence electrons. The zero-order valence-electron chi connectivity index (χ0n) is 13.3. The van der Waals surface area contributed by atoms with Crippen molar-refractivity contribution in [1.82, 2.24) is 9.55 Å².